The Hall–Kier alpha value is -3.41. The summed E-state index contributed by atoms with van der Waals surface area (Å²) in [6.07, 6.45) is 1.64. The first-order valence-electron chi connectivity index (χ1n) is 8.25. The molecule has 1 aliphatic heterocycles. The number of hydrogen-bond acceptors (Lipinski definition) is 4. The first-order chi connectivity index (χ1) is 12.5. The van der Waals surface area contributed by atoms with Crippen LogP contribution in [0, 0.1) is 0 Å². The number of Topliss-reactive ketones (excluding diaryl/α,β-unsaturated/α-hetero) is 1. The third kappa shape index (κ3) is 2.65. The van der Waals surface area contributed by atoms with E-state index >= 15 is 0 Å². The maximum atomic E-state index is 12.9. The van der Waals surface area contributed by atoms with Gasteiger partial charge in [-0.05, 0) is 42.6 Å². The molecule has 1 aliphatic rings. The zero-order valence-corrected chi connectivity index (χ0v) is 14.1. The van der Waals surface area contributed by atoms with Crippen LogP contribution in [0.15, 0.2) is 59.5 Å². The van der Waals surface area contributed by atoms with Gasteiger partial charge in [0.05, 0.1) is 11.7 Å². The van der Waals surface area contributed by atoms with E-state index in [-0.39, 0.29) is 23.9 Å². The number of nitrogens with one attached hydrogen (secondary N) is 1. The van der Waals surface area contributed by atoms with Gasteiger partial charge in [-0.3, -0.25) is 14.4 Å². The molecule has 0 saturated heterocycles. The zero-order chi connectivity index (χ0) is 18.3. The molecule has 2 aromatic carbocycles. The standard InChI is InChI=1S/C20H16N2O4/c1-12(22-9-8-13-4-2-3-5-15(13)20(22)25)19(24)14-6-7-17-16(10-14)21-18(23)11-26-17/h2-10,12H,11H2,1H3,(H,21,23). The maximum absolute atomic E-state index is 12.9. The summed E-state index contributed by atoms with van der Waals surface area (Å²) in [5.74, 6) is 0.0441. The maximum Gasteiger partial charge on any atom is 0.262 e. The third-order valence-electron chi connectivity index (χ3n) is 4.53. The lowest BCUT2D eigenvalue weighted by Crippen LogP contribution is -2.28. The molecule has 6 nitrogen and oxygen atoms in total. The Labute approximate surface area is 149 Å². The first-order valence-corrected chi connectivity index (χ1v) is 8.25. The molecule has 0 saturated carbocycles. The van der Waals surface area contributed by atoms with Gasteiger partial charge < -0.3 is 14.6 Å². The van der Waals surface area contributed by atoms with Gasteiger partial charge in [0.15, 0.2) is 12.4 Å². The number of hydrogen-bond donors (Lipinski definition) is 1. The van der Waals surface area contributed by atoms with E-state index in [1.807, 2.05) is 18.2 Å². The molecule has 1 atom stereocenters. The normalized spacial score (nSPS) is 14.3. The number of amides is 1. The van der Waals surface area contributed by atoms with E-state index in [1.54, 1.807) is 43.5 Å². The van der Waals surface area contributed by atoms with Crippen LogP contribution in [0.3, 0.4) is 0 Å². The van der Waals surface area contributed by atoms with Crippen molar-refractivity contribution in [2.24, 2.45) is 0 Å². The number of rotatable bonds is 3. The number of carbonyl (C=O) groups excluding carboxylic acids is 2. The van der Waals surface area contributed by atoms with Crippen molar-refractivity contribution in [1.29, 1.82) is 0 Å². The number of ketones is 1. The minimum absolute atomic E-state index is 0.0385. The predicted molar refractivity (Wildman–Crippen MR) is 97.8 cm³/mol. The average Bonchev–Trinajstić information content (AvgIpc) is 2.67. The molecule has 1 N–H and O–H groups in total. The fourth-order valence-corrected chi connectivity index (χ4v) is 3.11. The van der Waals surface area contributed by atoms with Crippen LogP contribution in [-0.2, 0) is 4.79 Å². The van der Waals surface area contributed by atoms with Gasteiger partial charge in [0, 0.05) is 17.1 Å². The van der Waals surface area contributed by atoms with Crippen LogP contribution in [0.4, 0.5) is 5.69 Å². The van der Waals surface area contributed by atoms with Crippen molar-refractivity contribution in [2.45, 2.75) is 13.0 Å². The molecular formula is C20H16N2O4. The smallest absolute Gasteiger partial charge is 0.262 e. The van der Waals surface area contributed by atoms with Gasteiger partial charge in [-0.1, -0.05) is 18.2 Å². The van der Waals surface area contributed by atoms with Crippen molar-refractivity contribution in [1.82, 2.24) is 4.57 Å². The molecule has 0 aliphatic carbocycles. The van der Waals surface area contributed by atoms with Crippen molar-refractivity contribution in [3.05, 3.63) is 70.6 Å². The Balaban J connectivity index is 1.71. The van der Waals surface area contributed by atoms with Crippen molar-refractivity contribution < 1.29 is 14.3 Å². The summed E-state index contributed by atoms with van der Waals surface area (Å²) in [4.78, 5) is 37.1. The number of benzene rings is 2. The minimum Gasteiger partial charge on any atom is -0.482 e. The number of ether oxygens (including phenoxy) is 1. The summed E-state index contributed by atoms with van der Waals surface area (Å²) < 4.78 is 6.73. The molecule has 130 valence electrons. The van der Waals surface area contributed by atoms with E-state index in [9.17, 15) is 14.4 Å². The van der Waals surface area contributed by atoms with Gasteiger partial charge >= 0.3 is 0 Å². The molecule has 6 heteroatoms. The highest BCUT2D eigenvalue weighted by molar-refractivity contribution is 6.02. The van der Waals surface area contributed by atoms with E-state index in [0.29, 0.717) is 22.4 Å². The minimum atomic E-state index is -0.676. The van der Waals surface area contributed by atoms with Crippen LogP contribution < -0.4 is 15.6 Å². The van der Waals surface area contributed by atoms with E-state index < -0.39 is 6.04 Å². The summed E-state index contributed by atoms with van der Waals surface area (Å²) in [6, 6.07) is 13.3. The lowest BCUT2D eigenvalue weighted by atomic mass is 10.0. The molecule has 1 unspecified atom stereocenters. The van der Waals surface area contributed by atoms with Gasteiger partial charge in [0.1, 0.15) is 5.75 Å². The van der Waals surface area contributed by atoms with Crippen molar-refractivity contribution in [3.63, 3.8) is 0 Å². The Kier molecular flexibility index (Phi) is 3.80. The molecule has 2 heterocycles. The van der Waals surface area contributed by atoms with Gasteiger partial charge in [-0.15, -0.1) is 0 Å². The highest BCUT2D eigenvalue weighted by Crippen LogP contribution is 2.29. The number of fused-ring (bicyclic) bond motifs is 2. The Morgan fingerprint density at radius 1 is 1.15 bits per heavy atom. The largest absolute Gasteiger partial charge is 0.482 e. The van der Waals surface area contributed by atoms with E-state index in [1.165, 1.54) is 4.57 Å². The van der Waals surface area contributed by atoms with E-state index in [4.69, 9.17) is 4.74 Å². The van der Waals surface area contributed by atoms with Crippen LogP contribution in [0.1, 0.15) is 23.3 Å². The fraction of sp³-hybridized carbons (Fsp3) is 0.150. The summed E-state index contributed by atoms with van der Waals surface area (Å²) in [5.41, 5.74) is 0.658. The molecule has 1 amide bonds. The molecule has 0 spiro atoms. The second kappa shape index (κ2) is 6.15. The van der Waals surface area contributed by atoms with E-state index in [2.05, 4.69) is 5.32 Å². The monoisotopic (exact) mass is 348 g/mol. The van der Waals surface area contributed by atoms with E-state index in [0.717, 1.165) is 5.39 Å². The van der Waals surface area contributed by atoms with Gasteiger partial charge in [-0.25, -0.2) is 0 Å². The van der Waals surface area contributed by atoms with Gasteiger partial charge in [-0.2, -0.15) is 0 Å². The molecule has 0 fully saturated rings. The average molecular weight is 348 g/mol. The Bertz CT molecular complexity index is 1100. The summed E-state index contributed by atoms with van der Waals surface area (Å²) >= 11 is 0. The van der Waals surface area contributed by atoms with Crippen LogP contribution in [-0.4, -0.2) is 22.9 Å². The SMILES string of the molecule is CC(C(=O)c1ccc2c(c1)NC(=O)CO2)n1ccc2ccccc2c1=O. The van der Waals surface area contributed by atoms with Crippen LogP contribution >= 0.6 is 0 Å². The number of aromatic nitrogens is 1. The fourth-order valence-electron chi connectivity index (χ4n) is 3.11. The number of carbonyl (C=O) groups is 2. The highest BCUT2D eigenvalue weighted by atomic mass is 16.5. The predicted octanol–water partition coefficient (Wildman–Crippen LogP) is 2.78. The summed E-state index contributed by atoms with van der Waals surface area (Å²) in [7, 11) is 0. The van der Waals surface area contributed by atoms with Gasteiger partial charge in [0.25, 0.3) is 11.5 Å². The molecular weight excluding hydrogens is 332 g/mol. The quantitative estimate of drug-likeness (QED) is 0.739. The van der Waals surface area contributed by atoms with Crippen molar-refractivity contribution >= 4 is 28.2 Å². The van der Waals surface area contributed by atoms with Crippen molar-refractivity contribution in [2.75, 3.05) is 11.9 Å². The Morgan fingerprint density at radius 2 is 1.96 bits per heavy atom. The molecule has 4 rings (SSSR count). The molecule has 0 radical (unpaired) electrons. The topological polar surface area (TPSA) is 77.4 Å². The number of nitrogens with zero attached hydrogens (tertiary/aromatic N) is 1. The second-order valence-corrected chi connectivity index (χ2v) is 6.20. The number of anilines is 1. The molecule has 26 heavy (non-hydrogen) atoms. The Morgan fingerprint density at radius 3 is 2.81 bits per heavy atom. The lowest BCUT2D eigenvalue weighted by Gasteiger charge is -2.19. The van der Waals surface area contributed by atoms with Crippen molar-refractivity contribution in [3.8, 4) is 5.75 Å². The third-order valence-corrected chi connectivity index (χ3v) is 4.53. The second-order valence-electron chi connectivity index (χ2n) is 6.20. The zero-order valence-electron chi connectivity index (χ0n) is 14.1. The van der Waals surface area contributed by atoms with Crippen LogP contribution in [0.2, 0.25) is 0 Å². The van der Waals surface area contributed by atoms with Gasteiger partial charge in [0.2, 0.25) is 0 Å². The van der Waals surface area contributed by atoms with Crippen LogP contribution in [0.25, 0.3) is 10.8 Å². The lowest BCUT2D eigenvalue weighted by molar-refractivity contribution is -0.118. The summed E-state index contributed by atoms with van der Waals surface area (Å²) in [5, 5.41) is 4.09. The molecule has 1 aromatic heterocycles. The van der Waals surface area contributed by atoms with Crippen LogP contribution in [0.5, 0.6) is 5.75 Å². The highest BCUT2D eigenvalue weighted by Gasteiger charge is 2.22. The first kappa shape index (κ1) is 16.1. The molecule has 0 bridgehead atoms. The number of pyridine rings is 1. The summed E-state index contributed by atoms with van der Waals surface area (Å²) in [6.45, 7) is 1.65. The molecule has 3 aromatic rings.